The summed E-state index contributed by atoms with van der Waals surface area (Å²) >= 11 is 0. The predicted octanol–water partition coefficient (Wildman–Crippen LogP) is 14.4. The second kappa shape index (κ2) is 29.8. The lowest BCUT2D eigenvalue weighted by molar-refractivity contribution is -0.174. The second-order valence-electron chi connectivity index (χ2n) is 15.4. The lowest BCUT2D eigenvalue weighted by Gasteiger charge is -2.48. The van der Waals surface area contributed by atoms with Gasteiger partial charge in [0.2, 0.25) is 0 Å². The van der Waals surface area contributed by atoms with Crippen LogP contribution in [0.1, 0.15) is 213 Å². The van der Waals surface area contributed by atoms with Crippen LogP contribution in [0.5, 0.6) is 0 Å². The zero-order chi connectivity index (χ0) is 33.5. The van der Waals surface area contributed by atoms with Crippen molar-refractivity contribution >= 4 is 0 Å². The Balaban J connectivity index is 1.56. The Morgan fingerprint density at radius 2 is 0.936 bits per heavy atom. The van der Waals surface area contributed by atoms with Crippen molar-refractivity contribution in [1.29, 1.82) is 0 Å². The molecular formula is C45H81NO. The average Bonchev–Trinajstić information content (AvgIpc) is 3.07. The van der Waals surface area contributed by atoms with E-state index in [0.29, 0.717) is 12.1 Å². The van der Waals surface area contributed by atoms with Gasteiger partial charge < -0.3 is 10.5 Å². The number of hydrogen-bond donors (Lipinski definition) is 1. The first-order valence-electron chi connectivity index (χ1n) is 21.2. The Hall–Kier alpha value is -1.12. The number of fused-ring (bicyclic) bond motifs is 1. The first kappa shape index (κ1) is 42.0. The highest BCUT2D eigenvalue weighted by Gasteiger charge is 2.42. The van der Waals surface area contributed by atoms with Crippen molar-refractivity contribution in [2.24, 2.45) is 11.7 Å². The van der Waals surface area contributed by atoms with Crippen LogP contribution in [-0.4, -0.2) is 17.7 Å². The molecule has 2 rings (SSSR count). The van der Waals surface area contributed by atoms with E-state index in [9.17, 15) is 0 Å². The first-order valence-corrected chi connectivity index (χ1v) is 21.2. The number of hydrogen-bond acceptors (Lipinski definition) is 2. The predicted molar refractivity (Wildman–Crippen MR) is 210 cm³/mol. The van der Waals surface area contributed by atoms with Crippen LogP contribution in [0.3, 0.4) is 0 Å². The zero-order valence-corrected chi connectivity index (χ0v) is 31.8. The van der Waals surface area contributed by atoms with Crippen LogP contribution in [0.25, 0.3) is 0 Å². The van der Waals surface area contributed by atoms with Gasteiger partial charge in [0.15, 0.2) is 0 Å². The van der Waals surface area contributed by atoms with Crippen LogP contribution in [-0.2, 0) is 4.74 Å². The molecule has 272 valence electrons. The van der Waals surface area contributed by atoms with E-state index in [-0.39, 0.29) is 5.60 Å². The van der Waals surface area contributed by atoms with Gasteiger partial charge in [-0.3, -0.25) is 0 Å². The summed E-state index contributed by atoms with van der Waals surface area (Å²) in [5.74, 6) is 0.773. The molecule has 1 aliphatic carbocycles. The Labute approximate surface area is 294 Å². The molecule has 2 nitrogen and oxygen atoms in total. The van der Waals surface area contributed by atoms with E-state index in [2.05, 4.69) is 62.5 Å². The van der Waals surface area contributed by atoms with Crippen molar-refractivity contribution in [3.8, 4) is 0 Å². The third-order valence-electron chi connectivity index (χ3n) is 11.0. The fraction of sp³-hybridized carbons (Fsp3) is 0.822. The van der Waals surface area contributed by atoms with E-state index in [4.69, 9.17) is 10.5 Å². The fourth-order valence-corrected chi connectivity index (χ4v) is 7.89. The third kappa shape index (κ3) is 22.3. The van der Waals surface area contributed by atoms with Gasteiger partial charge in [0, 0.05) is 6.04 Å². The molecule has 0 aromatic heterocycles. The van der Waals surface area contributed by atoms with Crippen LogP contribution in [0.2, 0.25) is 0 Å². The maximum absolute atomic E-state index is 7.09. The Morgan fingerprint density at radius 3 is 1.40 bits per heavy atom. The molecule has 3 atom stereocenters. The number of ether oxygens (including phenoxy) is 1. The fourth-order valence-electron chi connectivity index (χ4n) is 7.89. The molecule has 0 radical (unpaired) electrons. The van der Waals surface area contributed by atoms with Crippen LogP contribution in [0.15, 0.2) is 48.6 Å². The van der Waals surface area contributed by atoms with Crippen molar-refractivity contribution < 1.29 is 4.74 Å². The molecule has 0 bridgehead atoms. The molecule has 0 unspecified atom stereocenters. The Kier molecular flexibility index (Phi) is 26.6. The smallest absolute Gasteiger partial charge is 0.0686 e. The van der Waals surface area contributed by atoms with Gasteiger partial charge in [-0.25, -0.2) is 0 Å². The molecule has 0 aromatic rings. The summed E-state index contributed by atoms with van der Waals surface area (Å²) in [6, 6.07) is 0.357. The quantitative estimate of drug-likeness (QED) is 0.0619. The van der Waals surface area contributed by atoms with Crippen molar-refractivity contribution in [1.82, 2.24) is 0 Å². The van der Waals surface area contributed by atoms with Crippen LogP contribution in [0.4, 0.5) is 0 Å². The number of unbranched alkanes of at least 4 members (excludes halogenated alkanes) is 18. The summed E-state index contributed by atoms with van der Waals surface area (Å²) in [6.07, 6.45) is 59.9. The molecule has 2 aliphatic rings. The summed E-state index contributed by atoms with van der Waals surface area (Å²) in [5, 5.41) is 0. The highest BCUT2D eigenvalue weighted by Crippen LogP contribution is 2.44. The summed E-state index contributed by atoms with van der Waals surface area (Å²) in [6.45, 7) is 4.55. The lowest BCUT2D eigenvalue weighted by Crippen LogP contribution is -2.49. The maximum atomic E-state index is 7.09. The molecule has 1 saturated heterocycles. The molecule has 2 heteroatoms. The lowest BCUT2D eigenvalue weighted by atomic mass is 9.73. The van der Waals surface area contributed by atoms with E-state index < -0.39 is 0 Å². The third-order valence-corrected chi connectivity index (χ3v) is 11.0. The highest BCUT2D eigenvalue weighted by atomic mass is 16.5. The van der Waals surface area contributed by atoms with Gasteiger partial charge in [-0.15, -0.1) is 0 Å². The normalized spacial score (nSPS) is 21.6. The van der Waals surface area contributed by atoms with Crippen molar-refractivity contribution in [2.75, 3.05) is 0 Å². The second-order valence-corrected chi connectivity index (χ2v) is 15.4. The Bertz CT molecular complexity index is 761. The van der Waals surface area contributed by atoms with Gasteiger partial charge in [0.05, 0.1) is 11.7 Å². The Morgan fingerprint density at radius 1 is 0.511 bits per heavy atom. The molecular weight excluding hydrogens is 571 g/mol. The largest absolute Gasteiger partial charge is 0.371 e. The van der Waals surface area contributed by atoms with Gasteiger partial charge >= 0.3 is 0 Å². The van der Waals surface area contributed by atoms with Gasteiger partial charge in [-0.2, -0.15) is 0 Å². The van der Waals surface area contributed by atoms with E-state index >= 15 is 0 Å². The monoisotopic (exact) mass is 652 g/mol. The van der Waals surface area contributed by atoms with Gasteiger partial charge in [0.1, 0.15) is 0 Å². The SMILES string of the molecule is CCCCC/C=C\C/C=C\CCCCCCCCC1(CCCCCCCC/C=C\C/C=C\CCCCC)CC[C@@H]2CC[C@@H](N)C[C@@H]2O1. The van der Waals surface area contributed by atoms with Crippen molar-refractivity contribution in [3.05, 3.63) is 48.6 Å². The molecule has 2 fully saturated rings. The number of nitrogens with two attached hydrogens (primary N) is 1. The van der Waals surface area contributed by atoms with E-state index in [1.54, 1.807) is 0 Å². The van der Waals surface area contributed by atoms with Gasteiger partial charge in [-0.1, -0.05) is 152 Å². The van der Waals surface area contributed by atoms with E-state index in [0.717, 1.165) is 25.2 Å². The van der Waals surface area contributed by atoms with Crippen molar-refractivity contribution in [3.63, 3.8) is 0 Å². The minimum atomic E-state index is 0.142. The minimum absolute atomic E-state index is 0.142. The first-order chi connectivity index (χ1) is 23.2. The maximum Gasteiger partial charge on any atom is 0.0686 e. The molecule has 47 heavy (non-hydrogen) atoms. The molecule has 2 N–H and O–H groups in total. The molecule has 0 amide bonds. The summed E-state index contributed by atoms with van der Waals surface area (Å²) in [7, 11) is 0. The van der Waals surface area contributed by atoms with Gasteiger partial charge in [-0.05, 0) is 115 Å². The topological polar surface area (TPSA) is 35.2 Å². The average molecular weight is 652 g/mol. The van der Waals surface area contributed by atoms with Crippen LogP contribution < -0.4 is 5.73 Å². The highest BCUT2D eigenvalue weighted by molar-refractivity contribution is 4.95. The molecule has 0 spiro atoms. The molecule has 1 aliphatic heterocycles. The van der Waals surface area contributed by atoms with Crippen LogP contribution >= 0.6 is 0 Å². The molecule has 1 saturated carbocycles. The number of allylic oxidation sites excluding steroid dienone is 8. The van der Waals surface area contributed by atoms with E-state index in [1.165, 1.54) is 180 Å². The summed E-state index contributed by atoms with van der Waals surface area (Å²) in [5.41, 5.74) is 6.56. The molecule has 1 heterocycles. The standard InChI is InChI=1S/C45H81NO/c1-3-5-7-9-11-13-15-17-19-21-23-25-27-29-31-33-38-45(40-37-42-35-36-43(46)41-44(42)47-45)39-34-32-30-28-26-24-22-20-18-16-14-12-10-8-6-4-2/h11-14,17-20,42-44H,3-10,15-16,21-41,46H2,1-2H3/b13-11-,14-12-,19-17-,20-18-/t42-,43+,44-/m0/s1. The van der Waals surface area contributed by atoms with Gasteiger partial charge in [0.25, 0.3) is 0 Å². The summed E-state index contributed by atoms with van der Waals surface area (Å²) < 4.78 is 7.09. The van der Waals surface area contributed by atoms with E-state index in [1.807, 2.05) is 0 Å². The minimum Gasteiger partial charge on any atom is -0.371 e. The van der Waals surface area contributed by atoms with Crippen LogP contribution in [0, 0.1) is 5.92 Å². The zero-order valence-electron chi connectivity index (χ0n) is 31.8. The molecule has 0 aromatic carbocycles. The summed E-state index contributed by atoms with van der Waals surface area (Å²) in [4.78, 5) is 0. The number of rotatable bonds is 30. The van der Waals surface area contributed by atoms with Crippen molar-refractivity contribution in [2.45, 2.75) is 231 Å².